The summed E-state index contributed by atoms with van der Waals surface area (Å²) in [5, 5.41) is 6.35. The molecule has 1 amide bonds. The summed E-state index contributed by atoms with van der Waals surface area (Å²) in [5.41, 5.74) is 1.05. The van der Waals surface area contributed by atoms with E-state index in [0.717, 1.165) is 0 Å². The smallest absolute Gasteiger partial charge is 0.260 e. The van der Waals surface area contributed by atoms with Crippen LogP contribution in [0.2, 0.25) is 0 Å². The van der Waals surface area contributed by atoms with Crippen molar-refractivity contribution in [3.63, 3.8) is 0 Å². The lowest BCUT2D eigenvalue weighted by molar-refractivity contribution is 0.102. The van der Waals surface area contributed by atoms with Crippen LogP contribution >= 0.6 is 0 Å². The predicted molar refractivity (Wildman–Crippen MR) is 66.8 cm³/mol. The lowest BCUT2D eigenvalue weighted by Crippen LogP contribution is -2.13. The van der Waals surface area contributed by atoms with Gasteiger partial charge < -0.3 is 14.6 Å². The van der Waals surface area contributed by atoms with Crippen LogP contribution in [-0.4, -0.2) is 17.7 Å². The van der Waals surface area contributed by atoms with Crippen molar-refractivity contribution >= 4 is 11.6 Å². The molecule has 0 atom stereocenters. The number of hydrogen-bond donors (Lipinski definition) is 1. The van der Waals surface area contributed by atoms with Gasteiger partial charge >= 0.3 is 0 Å². The summed E-state index contributed by atoms with van der Waals surface area (Å²) >= 11 is 0. The molecule has 0 aliphatic rings. The Morgan fingerprint density at radius 2 is 2.22 bits per heavy atom. The molecule has 0 aliphatic heterocycles. The second kappa shape index (κ2) is 5.35. The number of carbonyl (C=O) groups is 1. The molecule has 0 saturated heterocycles. The number of amides is 1. The molecule has 18 heavy (non-hydrogen) atoms. The van der Waals surface area contributed by atoms with Gasteiger partial charge in [0.2, 0.25) is 0 Å². The largest absolute Gasteiger partial charge is 0.492 e. The SMILES string of the molecule is CCOc1ccccc1NC(=O)c1cnoc1C. The van der Waals surface area contributed by atoms with Gasteiger partial charge in [-0.25, -0.2) is 0 Å². The van der Waals surface area contributed by atoms with Crippen LogP contribution in [0.1, 0.15) is 23.0 Å². The average molecular weight is 246 g/mol. The fourth-order valence-electron chi connectivity index (χ4n) is 1.56. The fraction of sp³-hybridized carbons (Fsp3) is 0.231. The summed E-state index contributed by atoms with van der Waals surface area (Å²) in [6.45, 7) is 4.12. The van der Waals surface area contributed by atoms with Gasteiger partial charge in [0, 0.05) is 0 Å². The highest BCUT2D eigenvalue weighted by atomic mass is 16.5. The van der Waals surface area contributed by atoms with Gasteiger partial charge in [-0.2, -0.15) is 0 Å². The third-order valence-electron chi connectivity index (χ3n) is 2.43. The molecular formula is C13H14N2O3. The third-order valence-corrected chi connectivity index (χ3v) is 2.43. The van der Waals surface area contributed by atoms with Gasteiger partial charge in [-0.15, -0.1) is 0 Å². The molecule has 2 aromatic rings. The Hall–Kier alpha value is -2.30. The minimum Gasteiger partial charge on any atom is -0.492 e. The van der Waals surface area contributed by atoms with Crippen molar-refractivity contribution < 1.29 is 14.1 Å². The molecule has 0 saturated carbocycles. The van der Waals surface area contributed by atoms with E-state index in [9.17, 15) is 4.79 Å². The van der Waals surface area contributed by atoms with Gasteiger partial charge in [0.15, 0.2) is 0 Å². The Kier molecular flexibility index (Phi) is 3.62. The highest BCUT2D eigenvalue weighted by Gasteiger charge is 2.14. The first kappa shape index (κ1) is 12.2. The number of carbonyl (C=O) groups excluding carboxylic acids is 1. The monoisotopic (exact) mass is 246 g/mol. The van der Waals surface area contributed by atoms with Crippen molar-refractivity contribution in [2.24, 2.45) is 0 Å². The molecule has 5 heteroatoms. The molecule has 1 heterocycles. The number of aryl methyl sites for hydroxylation is 1. The maximum atomic E-state index is 12.0. The number of anilines is 1. The molecule has 0 bridgehead atoms. The third kappa shape index (κ3) is 2.51. The summed E-state index contributed by atoms with van der Waals surface area (Å²) in [4.78, 5) is 12.0. The number of nitrogens with zero attached hydrogens (tertiary/aromatic N) is 1. The van der Waals surface area contributed by atoms with Crippen molar-refractivity contribution in [2.75, 3.05) is 11.9 Å². The minimum atomic E-state index is -0.263. The van der Waals surface area contributed by atoms with Crippen LogP contribution in [0.15, 0.2) is 35.0 Å². The molecule has 1 aromatic carbocycles. The van der Waals surface area contributed by atoms with Crippen LogP contribution < -0.4 is 10.1 Å². The molecule has 2 rings (SSSR count). The zero-order valence-electron chi connectivity index (χ0n) is 10.3. The topological polar surface area (TPSA) is 64.4 Å². The first-order valence-electron chi connectivity index (χ1n) is 5.66. The Morgan fingerprint density at radius 1 is 1.44 bits per heavy atom. The minimum absolute atomic E-state index is 0.263. The van der Waals surface area contributed by atoms with Crippen molar-refractivity contribution in [3.05, 3.63) is 41.8 Å². The number of benzene rings is 1. The number of rotatable bonds is 4. The lowest BCUT2D eigenvalue weighted by Gasteiger charge is -2.10. The molecule has 0 unspecified atom stereocenters. The normalized spacial score (nSPS) is 10.1. The summed E-state index contributed by atoms with van der Waals surface area (Å²) in [5.74, 6) is 0.866. The van der Waals surface area contributed by atoms with Crippen molar-refractivity contribution in [2.45, 2.75) is 13.8 Å². The molecule has 0 radical (unpaired) electrons. The molecule has 0 fully saturated rings. The molecule has 1 N–H and O–H groups in total. The number of nitrogens with one attached hydrogen (secondary N) is 1. The first-order valence-corrected chi connectivity index (χ1v) is 5.66. The van der Waals surface area contributed by atoms with Crippen LogP contribution in [0.4, 0.5) is 5.69 Å². The molecule has 5 nitrogen and oxygen atoms in total. The van der Waals surface area contributed by atoms with Crippen molar-refractivity contribution in [3.8, 4) is 5.75 Å². The van der Waals surface area contributed by atoms with Gasteiger partial charge in [-0.1, -0.05) is 17.3 Å². The molecule has 94 valence electrons. The maximum Gasteiger partial charge on any atom is 0.260 e. The lowest BCUT2D eigenvalue weighted by atomic mass is 10.2. The van der Waals surface area contributed by atoms with E-state index in [2.05, 4.69) is 10.5 Å². The number of para-hydroxylation sites is 2. The van der Waals surface area contributed by atoms with Gasteiger partial charge in [-0.3, -0.25) is 4.79 Å². The highest BCUT2D eigenvalue weighted by Crippen LogP contribution is 2.24. The summed E-state index contributed by atoms with van der Waals surface area (Å²) in [6, 6.07) is 7.27. The summed E-state index contributed by atoms with van der Waals surface area (Å²) in [7, 11) is 0. The van der Waals surface area contributed by atoms with Gasteiger partial charge in [0.05, 0.1) is 18.5 Å². The highest BCUT2D eigenvalue weighted by molar-refractivity contribution is 6.05. The summed E-state index contributed by atoms with van der Waals surface area (Å²) in [6.07, 6.45) is 1.40. The molecule has 1 aromatic heterocycles. The maximum absolute atomic E-state index is 12.0. The van der Waals surface area contributed by atoms with E-state index in [4.69, 9.17) is 9.26 Å². The van der Waals surface area contributed by atoms with Crippen LogP contribution in [0.5, 0.6) is 5.75 Å². The Balaban J connectivity index is 2.19. The number of aromatic nitrogens is 1. The number of ether oxygens (including phenoxy) is 1. The molecule has 0 aliphatic carbocycles. The Labute approximate surface area is 105 Å². The van der Waals surface area contributed by atoms with Crippen LogP contribution in [0.25, 0.3) is 0 Å². The van der Waals surface area contributed by atoms with Crippen LogP contribution in [-0.2, 0) is 0 Å². The fourth-order valence-corrected chi connectivity index (χ4v) is 1.56. The molecule has 0 spiro atoms. The second-order valence-electron chi connectivity index (χ2n) is 3.68. The van der Waals surface area contributed by atoms with Crippen molar-refractivity contribution in [1.82, 2.24) is 5.16 Å². The first-order chi connectivity index (χ1) is 8.72. The zero-order valence-corrected chi connectivity index (χ0v) is 10.3. The number of hydrogen-bond acceptors (Lipinski definition) is 4. The standard InChI is InChI=1S/C13H14N2O3/c1-3-17-12-7-5-4-6-11(12)15-13(16)10-8-14-18-9(10)2/h4-8H,3H2,1-2H3,(H,15,16). The van der Waals surface area contributed by atoms with Crippen LogP contribution in [0.3, 0.4) is 0 Å². The van der Waals surface area contributed by atoms with Crippen molar-refractivity contribution in [1.29, 1.82) is 0 Å². The van der Waals surface area contributed by atoms with E-state index >= 15 is 0 Å². The van der Waals surface area contributed by atoms with Gasteiger partial charge in [0.1, 0.15) is 17.1 Å². The van der Waals surface area contributed by atoms with E-state index < -0.39 is 0 Å². The molecular weight excluding hydrogens is 232 g/mol. The van der Waals surface area contributed by atoms with Gasteiger partial charge in [-0.05, 0) is 26.0 Å². The predicted octanol–water partition coefficient (Wildman–Crippen LogP) is 2.63. The Morgan fingerprint density at radius 3 is 2.89 bits per heavy atom. The quantitative estimate of drug-likeness (QED) is 0.900. The van der Waals surface area contributed by atoms with E-state index in [1.807, 2.05) is 19.1 Å². The van der Waals surface area contributed by atoms with E-state index in [1.165, 1.54) is 6.20 Å². The summed E-state index contributed by atoms with van der Waals surface area (Å²) < 4.78 is 10.3. The van der Waals surface area contributed by atoms with E-state index in [0.29, 0.717) is 29.4 Å². The average Bonchev–Trinajstić information content (AvgIpc) is 2.78. The van der Waals surface area contributed by atoms with E-state index in [-0.39, 0.29) is 5.91 Å². The van der Waals surface area contributed by atoms with E-state index in [1.54, 1.807) is 19.1 Å². The van der Waals surface area contributed by atoms with Gasteiger partial charge in [0.25, 0.3) is 5.91 Å². The Bertz CT molecular complexity index is 549. The van der Waals surface area contributed by atoms with Crippen LogP contribution in [0, 0.1) is 6.92 Å². The zero-order chi connectivity index (χ0) is 13.0. The second-order valence-corrected chi connectivity index (χ2v) is 3.68.